The van der Waals surface area contributed by atoms with Crippen LogP contribution >= 0.6 is 0 Å². The number of halogens is 3. The van der Waals surface area contributed by atoms with Crippen molar-refractivity contribution < 1.29 is 23.1 Å². The first kappa shape index (κ1) is 22.4. The van der Waals surface area contributed by atoms with Gasteiger partial charge in [0.05, 0.1) is 23.2 Å². The Hall–Kier alpha value is -3.39. The van der Waals surface area contributed by atoms with Crippen molar-refractivity contribution in [3.05, 3.63) is 88.0 Å². The fraction of sp³-hybridized carbons (Fsp3) is 0.308. The van der Waals surface area contributed by atoms with E-state index in [1.807, 2.05) is 13.0 Å². The lowest BCUT2D eigenvalue weighted by Gasteiger charge is -2.37. The number of fused-ring (bicyclic) bond motifs is 2. The van der Waals surface area contributed by atoms with Crippen LogP contribution in [0.3, 0.4) is 0 Å². The van der Waals surface area contributed by atoms with Crippen LogP contribution in [0.1, 0.15) is 59.3 Å². The van der Waals surface area contributed by atoms with Gasteiger partial charge in [-0.1, -0.05) is 12.5 Å². The highest BCUT2D eigenvalue weighted by Crippen LogP contribution is 2.53. The van der Waals surface area contributed by atoms with Gasteiger partial charge in [0.15, 0.2) is 11.6 Å². The molecule has 0 aliphatic heterocycles. The molecule has 34 heavy (non-hydrogen) atoms. The van der Waals surface area contributed by atoms with Gasteiger partial charge in [0, 0.05) is 17.0 Å². The van der Waals surface area contributed by atoms with Gasteiger partial charge in [-0.15, -0.1) is 0 Å². The summed E-state index contributed by atoms with van der Waals surface area (Å²) in [7, 11) is 0. The van der Waals surface area contributed by atoms with E-state index in [1.165, 1.54) is 12.1 Å². The second kappa shape index (κ2) is 8.13. The second-order valence-electron chi connectivity index (χ2n) is 9.25. The van der Waals surface area contributed by atoms with Crippen molar-refractivity contribution in [1.29, 1.82) is 0 Å². The quantitative estimate of drug-likeness (QED) is 0.573. The predicted octanol–water partition coefficient (Wildman–Crippen LogP) is 4.66. The van der Waals surface area contributed by atoms with Crippen LogP contribution in [0.15, 0.2) is 48.2 Å². The number of carbonyl (C=O) groups is 1. The largest absolute Gasteiger partial charge is 0.389 e. The Morgan fingerprint density at radius 2 is 1.91 bits per heavy atom. The molecule has 2 aliphatic carbocycles. The predicted molar refractivity (Wildman–Crippen MR) is 121 cm³/mol. The van der Waals surface area contributed by atoms with Crippen molar-refractivity contribution >= 4 is 12.0 Å². The summed E-state index contributed by atoms with van der Waals surface area (Å²) in [6.07, 6.45) is 5.46. The minimum atomic E-state index is -1.13. The summed E-state index contributed by atoms with van der Waals surface area (Å²) < 4.78 is 42.6. The number of rotatable bonds is 5. The van der Waals surface area contributed by atoms with Crippen molar-refractivity contribution in [2.75, 3.05) is 0 Å². The molecule has 0 bridgehead atoms. The van der Waals surface area contributed by atoms with Crippen LogP contribution in [0.4, 0.5) is 13.2 Å². The molecule has 3 unspecified atom stereocenters. The lowest BCUT2D eigenvalue weighted by Crippen LogP contribution is -2.38. The van der Waals surface area contributed by atoms with Crippen molar-refractivity contribution in [3.8, 4) is 5.69 Å². The first-order chi connectivity index (χ1) is 16.2. The number of nitrogens with two attached hydrogens (primary N) is 1. The number of aromatic nitrogens is 2. The third-order valence-electron chi connectivity index (χ3n) is 7.28. The summed E-state index contributed by atoms with van der Waals surface area (Å²) in [4.78, 5) is 11.7. The third kappa shape index (κ3) is 3.62. The second-order valence-corrected chi connectivity index (χ2v) is 9.25. The SMILES string of the molecule is CC1c2cnn(-c3ccc(F)cc3)c2C=C2CCC(O)(CCc3cc(F)c(F)cc3C(N)=O)C21. The van der Waals surface area contributed by atoms with Gasteiger partial charge >= 0.3 is 0 Å². The number of hydrogen-bond acceptors (Lipinski definition) is 3. The highest BCUT2D eigenvalue weighted by atomic mass is 19.2. The molecule has 3 atom stereocenters. The Labute approximate surface area is 194 Å². The highest BCUT2D eigenvalue weighted by Gasteiger charge is 2.49. The van der Waals surface area contributed by atoms with Gasteiger partial charge in [0.25, 0.3) is 0 Å². The van der Waals surface area contributed by atoms with E-state index in [2.05, 4.69) is 5.10 Å². The number of amides is 1. The molecule has 5 rings (SSSR count). The summed E-state index contributed by atoms with van der Waals surface area (Å²) >= 11 is 0. The van der Waals surface area contributed by atoms with Gasteiger partial charge in [-0.05, 0) is 79.6 Å². The smallest absolute Gasteiger partial charge is 0.249 e. The van der Waals surface area contributed by atoms with E-state index in [-0.39, 0.29) is 41.6 Å². The summed E-state index contributed by atoms with van der Waals surface area (Å²) in [5.41, 5.74) is 8.21. The Kier molecular flexibility index (Phi) is 5.36. The van der Waals surface area contributed by atoms with E-state index in [4.69, 9.17) is 5.73 Å². The Morgan fingerprint density at radius 1 is 1.21 bits per heavy atom. The van der Waals surface area contributed by atoms with Crippen LogP contribution in [0.2, 0.25) is 0 Å². The van der Waals surface area contributed by atoms with Crippen LogP contribution in [0.25, 0.3) is 11.8 Å². The van der Waals surface area contributed by atoms with E-state index in [1.54, 1.807) is 23.0 Å². The highest BCUT2D eigenvalue weighted by molar-refractivity contribution is 5.94. The molecule has 3 N–H and O–H groups in total. The van der Waals surface area contributed by atoms with Gasteiger partial charge in [-0.2, -0.15) is 5.10 Å². The van der Waals surface area contributed by atoms with E-state index in [0.29, 0.717) is 12.8 Å². The van der Waals surface area contributed by atoms with Crippen molar-refractivity contribution in [1.82, 2.24) is 9.78 Å². The fourth-order valence-electron chi connectivity index (χ4n) is 5.63. The average Bonchev–Trinajstić information content (AvgIpc) is 3.37. The molecular formula is C26H24F3N3O2. The van der Waals surface area contributed by atoms with Crippen LogP contribution in [0.5, 0.6) is 0 Å². The molecule has 3 aromatic rings. The first-order valence-electron chi connectivity index (χ1n) is 11.2. The van der Waals surface area contributed by atoms with Crippen LogP contribution in [-0.4, -0.2) is 26.4 Å². The standard InChI is InChI=1S/C26H24F3N3O2/c1-14-20-13-31-32(18-4-2-17(27)3-5-18)23(20)11-16-7-9-26(34,24(14)16)8-6-15-10-21(28)22(29)12-19(15)25(30)33/h2-5,10-14,24,34H,6-9H2,1H3,(H2,30,33). The zero-order chi connectivity index (χ0) is 24.2. The lowest BCUT2D eigenvalue weighted by atomic mass is 9.71. The number of primary amides is 1. The minimum Gasteiger partial charge on any atom is -0.389 e. The van der Waals surface area contributed by atoms with Crippen LogP contribution in [-0.2, 0) is 6.42 Å². The molecule has 2 aromatic carbocycles. The number of aryl methyl sites for hydroxylation is 1. The molecule has 2 aliphatic rings. The first-order valence-corrected chi connectivity index (χ1v) is 11.2. The monoisotopic (exact) mass is 467 g/mol. The number of aliphatic hydroxyl groups is 1. The number of nitrogens with zero attached hydrogens (tertiary/aromatic N) is 2. The molecule has 1 saturated carbocycles. The van der Waals surface area contributed by atoms with Crippen LogP contribution in [0, 0.1) is 23.4 Å². The van der Waals surface area contributed by atoms with Crippen LogP contribution < -0.4 is 5.73 Å². The van der Waals surface area contributed by atoms with Gasteiger partial charge < -0.3 is 10.8 Å². The average molecular weight is 467 g/mol. The summed E-state index contributed by atoms with van der Waals surface area (Å²) in [5.74, 6) is -3.56. The van der Waals surface area contributed by atoms with Crippen molar-refractivity contribution in [2.24, 2.45) is 11.7 Å². The summed E-state index contributed by atoms with van der Waals surface area (Å²) in [6.45, 7) is 2.04. The molecule has 8 heteroatoms. The normalized spacial score (nSPS) is 23.4. The Balaban J connectivity index is 1.44. The molecule has 5 nitrogen and oxygen atoms in total. The summed E-state index contributed by atoms with van der Waals surface area (Å²) in [6, 6.07) is 7.91. The fourth-order valence-corrected chi connectivity index (χ4v) is 5.63. The number of carbonyl (C=O) groups excluding carboxylic acids is 1. The number of benzene rings is 2. The maximum atomic E-state index is 13.9. The summed E-state index contributed by atoms with van der Waals surface area (Å²) in [5, 5.41) is 16.2. The number of hydrogen-bond donors (Lipinski definition) is 2. The van der Waals surface area contributed by atoms with Gasteiger partial charge in [-0.25, -0.2) is 17.9 Å². The van der Waals surface area contributed by atoms with Crippen molar-refractivity contribution in [2.45, 2.75) is 44.1 Å². The van der Waals surface area contributed by atoms with E-state index in [0.717, 1.165) is 34.7 Å². The van der Waals surface area contributed by atoms with E-state index in [9.17, 15) is 23.1 Å². The molecular weight excluding hydrogens is 443 g/mol. The zero-order valence-corrected chi connectivity index (χ0v) is 18.6. The molecule has 1 aromatic heterocycles. The minimum absolute atomic E-state index is 0.0442. The van der Waals surface area contributed by atoms with E-state index >= 15 is 0 Å². The molecule has 176 valence electrons. The topological polar surface area (TPSA) is 81.1 Å². The third-order valence-corrected chi connectivity index (χ3v) is 7.28. The van der Waals surface area contributed by atoms with E-state index < -0.39 is 23.1 Å². The zero-order valence-electron chi connectivity index (χ0n) is 18.6. The maximum absolute atomic E-state index is 13.9. The molecule has 0 radical (unpaired) electrons. The molecule has 1 heterocycles. The van der Waals surface area contributed by atoms with Gasteiger partial charge in [0.2, 0.25) is 5.91 Å². The molecule has 1 amide bonds. The van der Waals surface area contributed by atoms with Crippen molar-refractivity contribution in [3.63, 3.8) is 0 Å². The van der Waals surface area contributed by atoms with Gasteiger partial charge in [-0.3, -0.25) is 4.79 Å². The Morgan fingerprint density at radius 3 is 2.62 bits per heavy atom. The molecule has 0 saturated heterocycles. The maximum Gasteiger partial charge on any atom is 0.249 e. The molecule has 0 spiro atoms. The lowest BCUT2D eigenvalue weighted by molar-refractivity contribution is -0.00604. The Bertz CT molecular complexity index is 1320. The van der Waals surface area contributed by atoms with Gasteiger partial charge in [0.1, 0.15) is 5.82 Å². The molecule has 1 fully saturated rings.